The highest BCUT2D eigenvalue weighted by atomic mass is 79.9. The SMILES string of the molecule is Cc1cccc(C)c1NC(=O)C(C)SCc1ccccc1Br. The van der Waals surface area contributed by atoms with Gasteiger partial charge < -0.3 is 5.32 Å². The quantitative estimate of drug-likeness (QED) is 0.762. The fourth-order valence-electron chi connectivity index (χ4n) is 2.14. The number of hydrogen-bond donors (Lipinski definition) is 1. The maximum absolute atomic E-state index is 12.4. The molecule has 2 aromatic rings. The number of carbonyl (C=O) groups excluding carboxylic acids is 1. The Morgan fingerprint density at radius 2 is 1.77 bits per heavy atom. The first-order valence-electron chi connectivity index (χ1n) is 7.21. The van der Waals surface area contributed by atoms with Crippen molar-refractivity contribution in [3.05, 3.63) is 63.6 Å². The van der Waals surface area contributed by atoms with Crippen LogP contribution >= 0.6 is 27.7 Å². The van der Waals surface area contributed by atoms with Crippen molar-refractivity contribution in [1.29, 1.82) is 0 Å². The van der Waals surface area contributed by atoms with Crippen LogP contribution in [0.2, 0.25) is 0 Å². The molecule has 1 amide bonds. The van der Waals surface area contributed by atoms with Crippen molar-refractivity contribution in [2.75, 3.05) is 5.32 Å². The van der Waals surface area contributed by atoms with Gasteiger partial charge in [-0.3, -0.25) is 4.79 Å². The van der Waals surface area contributed by atoms with E-state index in [9.17, 15) is 4.79 Å². The number of amides is 1. The summed E-state index contributed by atoms with van der Waals surface area (Å²) in [7, 11) is 0. The topological polar surface area (TPSA) is 29.1 Å². The van der Waals surface area contributed by atoms with Crippen LogP contribution in [-0.4, -0.2) is 11.2 Å². The minimum atomic E-state index is -0.105. The van der Waals surface area contributed by atoms with Gasteiger partial charge in [0.05, 0.1) is 5.25 Å². The van der Waals surface area contributed by atoms with Crippen molar-refractivity contribution in [3.8, 4) is 0 Å². The Balaban J connectivity index is 1.97. The molecule has 1 atom stereocenters. The van der Waals surface area contributed by atoms with Gasteiger partial charge in [-0.25, -0.2) is 0 Å². The van der Waals surface area contributed by atoms with Crippen molar-refractivity contribution in [2.24, 2.45) is 0 Å². The number of aryl methyl sites for hydroxylation is 2. The standard InChI is InChI=1S/C18H20BrNOS/c1-12-7-6-8-13(2)17(12)20-18(21)14(3)22-11-15-9-4-5-10-16(15)19/h4-10,14H,11H2,1-3H3,(H,20,21). The molecule has 0 aromatic heterocycles. The summed E-state index contributed by atoms with van der Waals surface area (Å²) in [6.45, 7) is 5.98. The zero-order valence-electron chi connectivity index (χ0n) is 13.0. The first-order chi connectivity index (χ1) is 10.5. The Labute approximate surface area is 144 Å². The van der Waals surface area contributed by atoms with Crippen molar-refractivity contribution >= 4 is 39.3 Å². The predicted molar refractivity (Wildman–Crippen MR) is 99.4 cm³/mol. The number of thioether (sulfide) groups is 1. The van der Waals surface area contributed by atoms with Crippen molar-refractivity contribution < 1.29 is 4.79 Å². The number of carbonyl (C=O) groups is 1. The molecule has 1 N–H and O–H groups in total. The lowest BCUT2D eigenvalue weighted by Crippen LogP contribution is -2.23. The van der Waals surface area contributed by atoms with E-state index in [0.29, 0.717) is 0 Å². The molecular formula is C18H20BrNOS. The van der Waals surface area contributed by atoms with Gasteiger partial charge in [0.2, 0.25) is 5.91 Å². The van der Waals surface area contributed by atoms with Crippen LogP contribution in [0.3, 0.4) is 0 Å². The van der Waals surface area contributed by atoms with E-state index in [4.69, 9.17) is 0 Å². The fraction of sp³-hybridized carbons (Fsp3) is 0.278. The number of halogens is 1. The van der Waals surface area contributed by atoms with E-state index in [-0.39, 0.29) is 11.2 Å². The van der Waals surface area contributed by atoms with Crippen LogP contribution < -0.4 is 5.32 Å². The summed E-state index contributed by atoms with van der Waals surface area (Å²) in [5.74, 6) is 0.859. The fourth-order valence-corrected chi connectivity index (χ4v) is 3.64. The summed E-state index contributed by atoms with van der Waals surface area (Å²) >= 11 is 5.18. The molecule has 0 saturated carbocycles. The van der Waals surface area contributed by atoms with E-state index in [1.165, 1.54) is 5.56 Å². The van der Waals surface area contributed by atoms with Gasteiger partial charge in [0, 0.05) is 15.9 Å². The molecule has 0 aliphatic carbocycles. The van der Waals surface area contributed by atoms with Crippen LogP contribution in [0.1, 0.15) is 23.6 Å². The summed E-state index contributed by atoms with van der Waals surface area (Å²) in [6, 6.07) is 14.1. The average molecular weight is 378 g/mol. The van der Waals surface area contributed by atoms with Crippen LogP contribution in [0.15, 0.2) is 46.9 Å². The van der Waals surface area contributed by atoms with E-state index >= 15 is 0 Å². The molecule has 4 heteroatoms. The van der Waals surface area contributed by atoms with Gasteiger partial charge in [-0.2, -0.15) is 0 Å². The lowest BCUT2D eigenvalue weighted by atomic mass is 10.1. The maximum Gasteiger partial charge on any atom is 0.237 e. The third-order valence-electron chi connectivity index (χ3n) is 3.55. The van der Waals surface area contributed by atoms with E-state index in [1.54, 1.807) is 11.8 Å². The number of rotatable bonds is 5. The number of para-hydroxylation sites is 1. The van der Waals surface area contributed by atoms with Gasteiger partial charge in [0.25, 0.3) is 0 Å². The van der Waals surface area contributed by atoms with Crippen molar-refractivity contribution in [2.45, 2.75) is 31.8 Å². The molecule has 2 aromatic carbocycles. The molecular weight excluding hydrogens is 358 g/mol. The smallest absolute Gasteiger partial charge is 0.237 e. The van der Waals surface area contributed by atoms with Gasteiger partial charge in [-0.05, 0) is 43.5 Å². The molecule has 1 unspecified atom stereocenters. The summed E-state index contributed by atoms with van der Waals surface area (Å²) in [5, 5.41) is 2.95. The highest BCUT2D eigenvalue weighted by Gasteiger charge is 2.16. The van der Waals surface area contributed by atoms with Crippen LogP contribution in [0.5, 0.6) is 0 Å². The Bertz CT molecular complexity index is 652. The summed E-state index contributed by atoms with van der Waals surface area (Å²) in [5.41, 5.74) is 4.33. The Morgan fingerprint density at radius 3 is 2.41 bits per heavy atom. The zero-order chi connectivity index (χ0) is 16.1. The summed E-state index contributed by atoms with van der Waals surface area (Å²) in [4.78, 5) is 12.4. The normalized spacial score (nSPS) is 12.0. The molecule has 0 bridgehead atoms. The van der Waals surface area contributed by atoms with Gasteiger partial charge in [-0.15, -0.1) is 11.8 Å². The summed E-state index contributed by atoms with van der Waals surface area (Å²) in [6.07, 6.45) is 0. The lowest BCUT2D eigenvalue weighted by molar-refractivity contribution is -0.115. The molecule has 0 heterocycles. The van der Waals surface area contributed by atoms with Crippen molar-refractivity contribution in [3.63, 3.8) is 0 Å². The Morgan fingerprint density at radius 1 is 1.14 bits per heavy atom. The minimum absolute atomic E-state index is 0.0504. The largest absolute Gasteiger partial charge is 0.325 e. The highest BCUT2D eigenvalue weighted by molar-refractivity contribution is 9.10. The second-order valence-corrected chi connectivity index (χ2v) is 7.48. The van der Waals surface area contributed by atoms with Crippen molar-refractivity contribution in [1.82, 2.24) is 0 Å². The van der Waals surface area contributed by atoms with Crippen LogP contribution in [-0.2, 0) is 10.5 Å². The third-order valence-corrected chi connectivity index (χ3v) is 5.51. The molecule has 0 aliphatic heterocycles. The highest BCUT2D eigenvalue weighted by Crippen LogP contribution is 2.25. The molecule has 22 heavy (non-hydrogen) atoms. The van der Waals surface area contributed by atoms with Crippen LogP contribution in [0.4, 0.5) is 5.69 Å². The number of anilines is 1. The first-order valence-corrected chi connectivity index (χ1v) is 9.05. The van der Waals surface area contributed by atoms with Crippen LogP contribution in [0.25, 0.3) is 0 Å². The zero-order valence-corrected chi connectivity index (χ0v) is 15.4. The van der Waals surface area contributed by atoms with E-state index in [2.05, 4.69) is 27.3 Å². The molecule has 0 saturated heterocycles. The number of nitrogens with one attached hydrogen (secondary N) is 1. The molecule has 2 rings (SSSR count). The molecule has 0 aliphatic rings. The molecule has 2 nitrogen and oxygen atoms in total. The van der Waals surface area contributed by atoms with Gasteiger partial charge in [0.15, 0.2) is 0 Å². The second kappa shape index (κ2) is 7.84. The van der Waals surface area contributed by atoms with E-state index in [1.807, 2.05) is 57.2 Å². The number of hydrogen-bond acceptors (Lipinski definition) is 2. The summed E-state index contributed by atoms with van der Waals surface area (Å²) < 4.78 is 1.09. The average Bonchev–Trinajstić information content (AvgIpc) is 2.49. The van der Waals surface area contributed by atoms with E-state index < -0.39 is 0 Å². The molecule has 0 spiro atoms. The monoisotopic (exact) mass is 377 g/mol. The molecule has 0 radical (unpaired) electrons. The predicted octanol–water partition coefficient (Wildman–Crippen LogP) is 5.33. The molecule has 0 fully saturated rings. The Hall–Kier alpha value is -1.26. The van der Waals surface area contributed by atoms with E-state index in [0.717, 1.165) is 27.0 Å². The third kappa shape index (κ3) is 4.37. The molecule has 116 valence electrons. The Kier molecular flexibility index (Phi) is 6.09. The van der Waals surface area contributed by atoms with Gasteiger partial charge >= 0.3 is 0 Å². The minimum Gasteiger partial charge on any atom is -0.325 e. The van der Waals surface area contributed by atoms with Gasteiger partial charge in [0.1, 0.15) is 0 Å². The maximum atomic E-state index is 12.4. The lowest BCUT2D eigenvalue weighted by Gasteiger charge is -2.15. The number of benzene rings is 2. The first kappa shape index (κ1) is 17.1. The van der Waals surface area contributed by atoms with Crippen LogP contribution in [0, 0.1) is 13.8 Å². The van der Waals surface area contributed by atoms with Gasteiger partial charge in [-0.1, -0.05) is 52.3 Å². The second-order valence-electron chi connectivity index (χ2n) is 5.30.